The minimum atomic E-state index is -0.128. The van der Waals surface area contributed by atoms with Crippen LogP contribution in [0.5, 0.6) is 11.5 Å². The van der Waals surface area contributed by atoms with Crippen LogP contribution in [0, 0.1) is 0 Å². The first kappa shape index (κ1) is 21.2. The highest BCUT2D eigenvalue weighted by atomic mass is 79.9. The summed E-state index contributed by atoms with van der Waals surface area (Å²) in [7, 11) is 3.24. The Bertz CT molecular complexity index is 947. The lowest BCUT2D eigenvalue weighted by Gasteiger charge is -2.23. The number of carbonyl (C=O) groups excluding carboxylic acids is 1. The van der Waals surface area contributed by atoms with Gasteiger partial charge in [-0.25, -0.2) is 4.79 Å². The number of rotatable bonds is 8. The number of anilines is 1. The molecule has 7 heteroatoms. The number of nitrogens with one attached hydrogen (secondary N) is 1. The molecule has 1 heterocycles. The molecule has 0 aliphatic heterocycles. The van der Waals surface area contributed by atoms with Crippen LogP contribution in [0.15, 0.2) is 64.5 Å². The van der Waals surface area contributed by atoms with E-state index in [1.54, 1.807) is 25.6 Å². The summed E-state index contributed by atoms with van der Waals surface area (Å²) in [5.41, 5.74) is 1.83. The molecule has 2 amide bonds. The number of methoxy groups -OCH3 is 2. The molecule has 0 saturated heterocycles. The number of hydrogen-bond donors (Lipinski definition) is 1. The Balaban J connectivity index is 1.72. The van der Waals surface area contributed by atoms with Gasteiger partial charge in [0.05, 0.1) is 20.8 Å². The van der Waals surface area contributed by atoms with E-state index in [-0.39, 0.29) is 6.03 Å². The van der Waals surface area contributed by atoms with Crippen LogP contribution in [0.3, 0.4) is 0 Å². The maximum atomic E-state index is 13.0. The number of carbonyl (C=O) groups is 1. The number of halogens is 1. The van der Waals surface area contributed by atoms with Crippen LogP contribution >= 0.6 is 27.3 Å². The average Bonchev–Trinajstić information content (AvgIpc) is 3.24. The number of ether oxygens (including phenoxy) is 2. The molecule has 0 radical (unpaired) electrons. The number of nitrogens with zero attached hydrogens (tertiary/aromatic N) is 1. The lowest BCUT2D eigenvalue weighted by molar-refractivity contribution is 0.210. The predicted octanol–water partition coefficient (Wildman–Crippen LogP) is 5.80. The first-order valence-corrected chi connectivity index (χ1v) is 10.8. The maximum absolute atomic E-state index is 13.0. The third-order valence-corrected chi connectivity index (χ3v) is 5.76. The fraction of sp³-hybridized carbons (Fsp3) is 0.227. The number of thiophene rings is 1. The normalized spacial score (nSPS) is 10.4. The van der Waals surface area contributed by atoms with Crippen LogP contribution < -0.4 is 14.8 Å². The van der Waals surface area contributed by atoms with E-state index in [1.165, 1.54) is 0 Å². The number of benzene rings is 2. The van der Waals surface area contributed by atoms with Crippen molar-refractivity contribution in [3.05, 3.63) is 74.9 Å². The van der Waals surface area contributed by atoms with Crippen LogP contribution in [0.25, 0.3) is 0 Å². The van der Waals surface area contributed by atoms with Gasteiger partial charge in [-0.2, -0.15) is 0 Å². The van der Waals surface area contributed by atoms with Crippen molar-refractivity contribution in [2.45, 2.75) is 13.0 Å². The predicted molar refractivity (Wildman–Crippen MR) is 121 cm³/mol. The maximum Gasteiger partial charge on any atom is 0.322 e. The Morgan fingerprint density at radius 1 is 1.07 bits per heavy atom. The van der Waals surface area contributed by atoms with E-state index in [1.807, 2.05) is 64.9 Å². The molecule has 1 aromatic heterocycles. The van der Waals surface area contributed by atoms with Crippen molar-refractivity contribution in [3.63, 3.8) is 0 Å². The van der Waals surface area contributed by atoms with Gasteiger partial charge in [0.25, 0.3) is 0 Å². The number of hydrogen-bond acceptors (Lipinski definition) is 4. The molecule has 3 aromatic rings. The molecular formula is C22H23BrN2O3S. The average molecular weight is 475 g/mol. The summed E-state index contributed by atoms with van der Waals surface area (Å²) in [4.78, 5) is 15.9. The molecule has 1 N–H and O–H groups in total. The molecule has 152 valence electrons. The van der Waals surface area contributed by atoms with E-state index in [4.69, 9.17) is 9.47 Å². The molecule has 0 saturated carbocycles. The van der Waals surface area contributed by atoms with Gasteiger partial charge >= 0.3 is 6.03 Å². The van der Waals surface area contributed by atoms with Crippen molar-refractivity contribution in [3.8, 4) is 11.5 Å². The molecule has 0 unspecified atom stereocenters. The van der Waals surface area contributed by atoms with Crippen molar-refractivity contribution in [1.82, 2.24) is 4.90 Å². The van der Waals surface area contributed by atoms with Gasteiger partial charge in [-0.3, -0.25) is 0 Å². The van der Waals surface area contributed by atoms with E-state index in [9.17, 15) is 4.79 Å². The molecule has 0 bridgehead atoms. The second-order valence-corrected chi connectivity index (χ2v) is 8.33. The Hall–Kier alpha value is -2.51. The summed E-state index contributed by atoms with van der Waals surface area (Å²) < 4.78 is 11.6. The van der Waals surface area contributed by atoms with Crippen molar-refractivity contribution in [1.29, 1.82) is 0 Å². The SMILES string of the molecule is COc1ccc(CCN(Cc2cccs2)C(=O)Nc2cccc(Br)c2)cc1OC. The quantitative estimate of drug-likeness (QED) is 0.448. The third-order valence-electron chi connectivity index (χ3n) is 4.41. The summed E-state index contributed by atoms with van der Waals surface area (Å²) >= 11 is 5.08. The molecule has 5 nitrogen and oxygen atoms in total. The minimum absolute atomic E-state index is 0.128. The Morgan fingerprint density at radius 2 is 1.90 bits per heavy atom. The molecule has 29 heavy (non-hydrogen) atoms. The molecule has 2 aromatic carbocycles. The summed E-state index contributed by atoms with van der Waals surface area (Å²) in [5.74, 6) is 1.38. The van der Waals surface area contributed by atoms with Crippen molar-refractivity contribution >= 4 is 39.0 Å². The highest BCUT2D eigenvalue weighted by Crippen LogP contribution is 2.28. The van der Waals surface area contributed by atoms with Crippen LogP contribution in [0.1, 0.15) is 10.4 Å². The zero-order valence-electron chi connectivity index (χ0n) is 16.4. The van der Waals surface area contributed by atoms with Crippen LogP contribution in [0.4, 0.5) is 10.5 Å². The van der Waals surface area contributed by atoms with E-state index in [2.05, 4.69) is 21.2 Å². The van der Waals surface area contributed by atoms with Crippen molar-refractivity contribution in [2.75, 3.05) is 26.1 Å². The topological polar surface area (TPSA) is 50.8 Å². The Kier molecular flexibility index (Phi) is 7.55. The zero-order chi connectivity index (χ0) is 20.6. The molecule has 0 fully saturated rings. The van der Waals surface area contributed by atoms with E-state index < -0.39 is 0 Å². The largest absolute Gasteiger partial charge is 0.493 e. The first-order chi connectivity index (χ1) is 14.1. The van der Waals surface area contributed by atoms with Crippen LogP contribution in [0.2, 0.25) is 0 Å². The lowest BCUT2D eigenvalue weighted by atomic mass is 10.1. The van der Waals surface area contributed by atoms with Crippen LogP contribution in [-0.4, -0.2) is 31.7 Å². The van der Waals surface area contributed by atoms with Gasteiger partial charge in [-0.15, -0.1) is 11.3 Å². The zero-order valence-corrected chi connectivity index (χ0v) is 18.8. The van der Waals surface area contributed by atoms with Gasteiger partial charge in [0.15, 0.2) is 11.5 Å². The monoisotopic (exact) mass is 474 g/mol. The highest BCUT2D eigenvalue weighted by molar-refractivity contribution is 9.10. The Labute approximate surface area is 183 Å². The second-order valence-electron chi connectivity index (χ2n) is 6.38. The summed E-state index contributed by atoms with van der Waals surface area (Å²) in [6.07, 6.45) is 0.706. The Morgan fingerprint density at radius 3 is 2.59 bits per heavy atom. The van der Waals surface area contributed by atoms with E-state index >= 15 is 0 Å². The van der Waals surface area contributed by atoms with Gasteiger partial charge in [0, 0.05) is 21.6 Å². The van der Waals surface area contributed by atoms with Gasteiger partial charge < -0.3 is 19.7 Å². The number of urea groups is 1. The summed E-state index contributed by atoms with van der Waals surface area (Å²) in [5, 5.41) is 5.01. The van der Waals surface area contributed by atoms with Gasteiger partial charge in [-0.1, -0.05) is 34.1 Å². The third kappa shape index (κ3) is 5.98. The van der Waals surface area contributed by atoms with Gasteiger partial charge in [-0.05, 0) is 53.8 Å². The molecular weight excluding hydrogens is 452 g/mol. The second kappa shape index (κ2) is 10.3. The standard InChI is InChI=1S/C22H23BrN2O3S/c1-27-20-9-8-16(13-21(20)28-2)10-11-25(15-19-7-4-12-29-19)22(26)24-18-6-3-5-17(23)14-18/h3-9,12-14H,10-11,15H2,1-2H3,(H,24,26). The highest BCUT2D eigenvalue weighted by Gasteiger charge is 2.16. The number of amides is 2. The van der Waals surface area contributed by atoms with Crippen molar-refractivity contribution in [2.24, 2.45) is 0 Å². The van der Waals surface area contributed by atoms with Crippen LogP contribution in [-0.2, 0) is 13.0 Å². The summed E-state index contributed by atoms with van der Waals surface area (Å²) in [6.45, 7) is 1.14. The fourth-order valence-corrected chi connectivity index (χ4v) is 4.03. The molecule has 3 rings (SSSR count). The molecule has 0 aliphatic carbocycles. The lowest BCUT2D eigenvalue weighted by Crippen LogP contribution is -2.35. The minimum Gasteiger partial charge on any atom is -0.493 e. The van der Waals surface area contributed by atoms with E-state index in [0.717, 1.165) is 20.6 Å². The fourth-order valence-electron chi connectivity index (χ4n) is 2.91. The van der Waals surface area contributed by atoms with Gasteiger partial charge in [0.1, 0.15) is 0 Å². The van der Waals surface area contributed by atoms with Crippen molar-refractivity contribution < 1.29 is 14.3 Å². The van der Waals surface area contributed by atoms with Gasteiger partial charge in [0.2, 0.25) is 0 Å². The molecule has 0 atom stereocenters. The summed E-state index contributed by atoms with van der Waals surface area (Å²) in [6, 6.07) is 17.3. The molecule has 0 spiro atoms. The van der Waals surface area contributed by atoms with E-state index in [0.29, 0.717) is 31.0 Å². The smallest absolute Gasteiger partial charge is 0.322 e. The first-order valence-electron chi connectivity index (χ1n) is 9.14. The molecule has 0 aliphatic rings.